The Morgan fingerprint density at radius 3 is 2.53 bits per heavy atom. The Kier molecular flexibility index (Phi) is 4.03. The standard InChI is InChI=1S/C9H7NO2.C6H9N/c11-9(12)8-5-6-3-1-2-4-7(6)10-8;1-2-6-4-3-5-7-6/h1-5,10H,(H,11,12);3-5,7H,2H2,1H3. The molecule has 4 heteroatoms. The van der Waals surface area contributed by atoms with Gasteiger partial charge in [0.2, 0.25) is 0 Å². The lowest BCUT2D eigenvalue weighted by molar-refractivity contribution is 0.0691. The minimum absolute atomic E-state index is 0.233. The van der Waals surface area contributed by atoms with Gasteiger partial charge in [-0.05, 0) is 30.7 Å². The Bertz CT molecular complexity index is 621. The molecule has 0 saturated carbocycles. The fourth-order valence-corrected chi connectivity index (χ4v) is 1.78. The van der Waals surface area contributed by atoms with Crippen molar-refractivity contribution in [2.24, 2.45) is 0 Å². The van der Waals surface area contributed by atoms with Gasteiger partial charge in [0.1, 0.15) is 5.69 Å². The van der Waals surface area contributed by atoms with E-state index in [9.17, 15) is 4.79 Å². The second-order valence-corrected chi connectivity index (χ2v) is 4.12. The molecule has 0 saturated heterocycles. The Balaban J connectivity index is 0.000000163. The van der Waals surface area contributed by atoms with Gasteiger partial charge in [0.25, 0.3) is 0 Å². The molecule has 0 radical (unpaired) electrons. The molecule has 0 aliphatic heterocycles. The van der Waals surface area contributed by atoms with Gasteiger partial charge < -0.3 is 15.1 Å². The third-order valence-corrected chi connectivity index (χ3v) is 2.80. The van der Waals surface area contributed by atoms with Crippen LogP contribution in [0.2, 0.25) is 0 Å². The van der Waals surface area contributed by atoms with Crippen LogP contribution >= 0.6 is 0 Å². The van der Waals surface area contributed by atoms with Gasteiger partial charge in [-0.15, -0.1) is 0 Å². The Labute approximate surface area is 111 Å². The van der Waals surface area contributed by atoms with E-state index in [2.05, 4.69) is 23.0 Å². The van der Waals surface area contributed by atoms with Crippen molar-refractivity contribution in [1.29, 1.82) is 0 Å². The van der Waals surface area contributed by atoms with Crippen LogP contribution in [0.5, 0.6) is 0 Å². The van der Waals surface area contributed by atoms with Gasteiger partial charge in [0, 0.05) is 22.8 Å². The van der Waals surface area contributed by atoms with Gasteiger partial charge in [-0.25, -0.2) is 4.79 Å². The van der Waals surface area contributed by atoms with Gasteiger partial charge >= 0.3 is 5.97 Å². The summed E-state index contributed by atoms with van der Waals surface area (Å²) in [6, 6.07) is 13.2. The van der Waals surface area contributed by atoms with E-state index in [1.165, 1.54) is 5.69 Å². The molecule has 3 N–H and O–H groups in total. The number of H-pyrrole nitrogens is 2. The highest BCUT2D eigenvalue weighted by atomic mass is 16.4. The number of carbonyl (C=O) groups is 1. The van der Waals surface area contributed by atoms with E-state index in [-0.39, 0.29) is 5.69 Å². The predicted octanol–water partition coefficient (Wildman–Crippen LogP) is 3.44. The molecule has 0 amide bonds. The average Bonchev–Trinajstić information content (AvgIpc) is 3.08. The molecule has 2 heterocycles. The number of carboxylic acids is 1. The lowest BCUT2D eigenvalue weighted by Gasteiger charge is -1.84. The molecule has 0 fully saturated rings. The summed E-state index contributed by atoms with van der Waals surface area (Å²) in [5.74, 6) is -0.925. The molecule has 3 rings (SSSR count). The topological polar surface area (TPSA) is 68.9 Å². The molecule has 4 nitrogen and oxygen atoms in total. The number of hydrogen-bond donors (Lipinski definition) is 3. The third-order valence-electron chi connectivity index (χ3n) is 2.80. The van der Waals surface area contributed by atoms with Crippen LogP contribution in [-0.2, 0) is 6.42 Å². The Morgan fingerprint density at radius 2 is 2.00 bits per heavy atom. The summed E-state index contributed by atoms with van der Waals surface area (Å²) in [6.45, 7) is 2.13. The SMILES string of the molecule is CCc1ccc[nH]1.O=C(O)c1cc2ccccc2[nH]1. The molecular formula is C15H16N2O2. The number of nitrogens with one attached hydrogen (secondary N) is 2. The van der Waals surface area contributed by atoms with Gasteiger partial charge in [0.05, 0.1) is 0 Å². The molecule has 0 aliphatic carbocycles. The van der Waals surface area contributed by atoms with E-state index in [4.69, 9.17) is 5.11 Å². The number of rotatable bonds is 2. The first-order chi connectivity index (χ1) is 9.20. The largest absolute Gasteiger partial charge is 0.477 e. The van der Waals surface area contributed by atoms with E-state index in [0.29, 0.717) is 0 Å². The fourth-order valence-electron chi connectivity index (χ4n) is 1.78. The molecule has 1 aromatic carbocycles. The average molecular weight is 256 g/mol. The van der Waals surface area contributed by atoms with Crippen LogP contribution in [0.4, 0.5) is 0 Å². The summed E-state index contributed by atoms with van der Waals surface area (Å²) in [7, 11) is 0. The highest BCUT2D eigenvalue weighted by Crippen LogP contribution is 2.13. The lowest BCUT2D eigenvalue weighted by atomic mass is 10.2. The number of aromatic carboxylic acids is 1. The van der Waals surface area contributed by atoms with Crippen molar-refractivity contribution in [3.05, 3.63) is 60.0 Å². The number of carboxylic acid groups (broad SMARTS) is 1. The number of aromatic nitrogens is 2. The number of benzene rings is 1. The minimum Gasteiger partial charge on any atom is -0.477 e. The smallest absolute Gasteiger partial charge is 0.352 e. The third kappa shape index (κ3) is 3.25. The molecule has 0 atom stereocenters. The van der Waals surface area contributed by atoms with E-state index >= 15 is 0 Å². The molecule has 98 valence electrons. The van der Waals surface area contributed by atoms with Crippen molar-refractivity contribution < 1.29 is 9.90 Å². The fraction of sp³-hybridized carbons (Fsp3) is 0.133. The second-order valence-electron chi connectivity index (χ2n) is 4.12. The van der Waals surface area contributed by atoms with Crippen LogP contribution in [0, 0.1) is 0 Å². The Morgan fingerprint density at radius 1 is 1.21 bits per heavy atom. The van der Waals surface area contributed by atoms with Gasteiger partial charge in [-0.1, -0.05) is 25.1 Å². The van der Waals surface area contributed by atoms with Crippen LogP contribution in [0.1, 0.15) is 23.1 Å². The zero-order valence-corrected chi connectivity index (χ0v) is 10.7. The second kappa shape index (κ2) is 5.91. The van der Waals surface area contributed by atoms with Crippen molar-refractivity contribution in [3.8, 4) is 0 Å². The van der Waals surface area contributed by atoms with Gasteiger partial charge in [-0.2, -0.15) is 0 Å². The summed E-state index contributed by atoms with van der Waals surface area (Å²) >= 11 is 0. The van der Waals surface area contributed by atoms with Crippen LogP contribution in [0.3, 0.4) is 0 Å². The predicted molar refractivity (Wildman–Crippen MR) is 75.4 cm³/mol. The number of fused-ring (bicyclic) bond motifs is 1. The van der Waals surface area contributed by atoms with Crippen molar-refractivity contribution in [1.82, 2.24) is 9.97 Å². The first-order valence-electron chi connectivity index (χ1n) is 6.14. The zero-order chi connectivity index (χ0) is 13.7. The molecule has 0 unspecified atom stereocenters. The maximum Gasteiger partial charge on any atom is 0.352 e. The van der Waals surface area contributed by atoms with E-state index in [1.54, 1.807) is 6.07 Å². The van der Waals surface area contributed by atoms with Crippen molar-refractivity contribution >= 4 is 16.9 Å². The quantitative estimate of drug-likeness (QED) is 0.657. The summed E-state index contributed by atoms with van der Waals surface area (Å²) in [6.07, 6.45) is 3.05. The number of hydrogen-bond acceptors (Lipinski definition) is 1. The molecule has 2 aromatic heterocycles. The first-order valence-corrected chi connectivity index (χ1v) is 6.14. The maximum atomic E-state index is 10.5. The number of aryl methyl sites for hydroxylation is 1. The maximum absolute atomic E-state index is 10.5. The van der Waals surface area contributed by atoms with Crippen LogP contribution < -0.4 is 0 Å². The van der Waals surface area contributed by atoms with Crippen molar-refractivity contribution in [2.45, 2.75) is 13.3 Å². The van der Waals surface area contributed by atoms with Crippen molar-refractivity contribution in [3.63, 3.8) is 0 Å². The van der Waals surface area contributed by atoms with E-state index in [1.807, 2.05) is 36.5 Å². The highest BCUT2D eigenvalue weighted by Gasteiger charge is 2.05. The lowest BCUT2D eigenvalue weighted by Crippen LogP contribution is -1.94. The number of para-hydroxylation sites is 1. The zero-order valence-electron chi connectivity index (χ0n) is 10.7. The molecule has 0 spiro atoms. The minimum atomic E-state index is -0.925. The molecule has 19 heavy (non-hydrogen) atoms. The van der Waals surface area contributed by atoms with Crippen LogP contribution in [0.15, 0.2) is 48.7 Å². The summed E-state index contributed by atoms with van der Waals surface area (Å²) < 4.78 is 0. The summed E-state index contributed by atoms with van der Waals surface area (Å²) in [5.41, 5.74) is 2.39. The number of aromatic amines is 2. The van der Waals surface area contributed by atoms with Crippen molar-refractivity contribution in [2.75, 3.05) is 0 Å². The molecule has 3 aromatic rings. The molecule has 0 aliphatic rings. The highest BCUT2D eigenvalue weighted by molar-refractivity contribution is 5.93. The van der Waals surface area contributed by atoms with Gasteiger partial charge in [-0.3, -0.25) is 0 Å². The molecular weight excluding hydrogens is 240 g/mol. The van der Waals surface area contributed by atoms with Crippen LogP contribution in [0.25, 0.3) is 10.9 Å². The van der Waals surface area contributed by atoms with Gasteiger partial charge in [0.15, 0.2) is 0 Å². The van der Waals surface area contributed by atoms with E-state index < -0.39 is 5.97 Å². The summed E-state index contributed by atoms with van der Waals surface area (Å²) in [4.78, 5) is 16.4. The van der Waals surface area contributed by atoms with E-state index in [0.717, 1.165) is 17.3 Å². The normalized spacial score (nSPS) is 9.95. The first kappa shape index (κ1) is 13.0. The monoisotopic (exact) mass is 256 g/mol. The Hall–Kier alpha value is -2.49. The summed E-state index contributed by atoms with van der Waals surface area (Å²) in [5, 5.41) is 9.58. The molecule has 0 bridgehead atoms. The van der Waals surface area contributed by atoms with Crippen LogP contribution in [-0.4, -0.2) is 21.0 Å².